The van der Waals surface area contributed by atoms with Gasteiger partial charge >= 0.3 is 0 Å². The van der Waals surface area contributed by atoms with Gasteiger partial charge in [0.1, 0.15) is 5.75 Å². The number of carbonyl (C=O) groups is 1. The lowest BCUT2D eigenvalue weighted by molar-refractivity contribution is -0.130. The van der Waals surface area contributed by atoms with Crippen molar-refractivity contribution >= 4 is 5.91 Å². The minimum absolute atomic E-state index is 0.173. The molecule has 0 radical (unpaired) electrons. The molecular formula is C20H25NO2. The third-order valence-electron chi connectivity index (χ3n) is 3.80. The van der Waals surface area contributed by atoms with Crippen LogP contribution >= 0.6 is 0 Å². The molecule has 0 bridgehead atoms. The standard InChI is InChI=1S/C20H25NO2/c1-3-23-19-14-8-7-13-18(19)16-21(2)20(22)15-9-12-17-10-5-4-6-11-17/h4-8,10-11,13-14H,3,9,12,15-16H2,1-2H3. The highest BCUT2D eigenvalue weighted by Crippen LogP contribution is 2.19. The smallest absolute Gasteiger partial charge is 0.222 e. The Labute approximate surface area is 138 Å². The molecule has 2 aromatic carbocycles. The van der Waals surface area contributed by atoms with Crippen LogP contribution in [-0.4, -0.2) is 24.5 Å². The number of benzene rings is 2. The molecule has 0 atom stereocenters. The van der Waals surface area contributed by atoms with Crippen LogP contribution in [0.1, 0.15) is 30.9 Å². The number of hydrogen-bond acceptors (Lipinski definition) is 2. The monoisotopic (exact) mass is 311 g/mol. The summed E-state index contributed by atoms with van der Waals surface area (Å²) in [5.41, 5.74) is 2.33. The molecule has 0 saturated carbocycles. The molecule has 0 aliphatic carbocycles. The highest BCUT2D eigenvalue weighted by molar-refractivity contribution is 5.75. The van der Waals surface area contributed by atoms with Gasteiger partial charge in [-0.2, -0.15) is 0 Å². The SMILES string of the molecule is CCOc1ccccc1CN(C)C(=O)CCCc1ccccc1. The molecule has 0 fully saturated rings. The highest BCUT2D eigenvalue weighted by Gasteiger charge is 2.11. The molecule has 0 N–H and O–H groups in total. The molecule has 23 heavy (non-hydrogen) atoms. The Morgan fingerprint density at radius 2 is 1.74 bits per heavy atom. The number of ether oxygens (including phenoxy) is 1. The van der Waals surface area contributed by atoms with Crippen molar-refractivity contribution in [3.63, 3.8) is 0 Å². The molecule has 0 aliphatic heterocycles. The lowest BCUT2D eigenvalue weighted by Crippen LogP contribution is -2.26. The number of nitrogens with zero attached hydrogens (tertiary/aromatic N) is 1. The van der Waals surface area contributed by atoms with E-state index in [4.69, 9.17) is 4.74 Å². The van der Waals surface area contributed by atoms with Crippen molar-refractivity contribution in [2.45, 2.75) is 32.7 Å². The number of hydrogen-bond donors (Lipinski definition) is 0. The fraction of sp³-hybridized carbons (Fsp3) is 0.350. The maximum absolute atomic E-state index is 12.3. The van der Waals surface area contributed by atoms with Gasteiger partial charge in [0, 0.05) is 25.6 Å². The summed E-state index contributed by atoms with van der Waals surface area (Å²) in [6.07, 6.45) is 2.39. The zero-order valence-electron chi connectivity index (χ0n) is 14.0. The van der Waals surface area contributed by atoms with Gasteiger partial charge in [0.15, 0.2) is 0 Å². The van der Waals surface area contributed by atoms with E-state index in [1.807, 2.05) is 56.4 Å². The Kier molecular flexibility index (Phi) is 6.67. The van der Waals surface area contributed by atoms with E-state index in [0.717, 1.165) is 24.2 Å². The van der Waals surface area contributed by atoms with E-state index >= 15 is 0 Å². The first kappa shape index (κ1) is 17.1. The van der Waals surface area contributed by atoms with Crippen molar-refractivity contribution in [1.29, 1.82) is 0 Å². The van der Waals surface area contributed by atoms with E-state index < -0.39 is 0 Å². The van der Waals surface area contributed by atoms with Gasteiger partial charge in [-0.15, -0.1) is 0 Å². The zero-order chi connectivity index (χ0) is 16.5. The number of carbonyl (C=O) groups excluding carboxylic acids is 1. The largest absolute Gasteiger partial charge is 0.494 e. The van der Waals surface area contributed by atoms with Crippen LogP contribution in [-0.2, 0) is 17.8 Å². The second-order valence-corrected chi connectivity index (χ2v) is 5.63. The summed E-state index contributed by atoms with van der Waals surface area (Å²) in [4.78, 5) is 14.1. The second-order valence-electron chi connectivity index (χ2n) is 5.63. The van der Waals surface area contributed by atoms with Gasteiger partial charge in [0.25, 0.3) is 0 Å². The summed E-state index contributed by atoms with van der Waals surface area (Å²) < 4.78 is 5.62. The molecule has 0 heterocycles. The number of aryl methyl sites for hydroxylation is 1. The Hall–Kier alpha value is -2.29. The average molecular weight is 311 g/mol. The van der Waals surface area contributed by atoms with Crippen LogP contribution in [0.4, 0.5) is 0 Å². The van der Waals surface area contributed by atoms with Crippen LogP contribution in [0, 0.1) is 0 Å². The Bertz CT molecular complexity index is 610. The molecule has 2 rings (SSSR count). The van der Waals surface area contributed by atoms with E-state index in [0.29, 0.717) is 19.6 Å². The maximum atomic E-state index is 12.3. The van der Waals surface area contributed by atoms with Gasteiger partial charge in [-0.3, -0.25) is 4.79 Å². The lowest BCUT2D eigenvalue weighted by atomic mass is 10.1. The van der Waals surface area contributed by atoms with Crippen LogP contribution in [0.2, 0.25) is 0 Å². The normalized spacial score (nSPS) is 10.3. The van der Waals surface area contributed by atoms with Gasteiger partial charge in [0.2, 0.25) is 5.91 Å². The Balaban J connectivity index is 1.83. The minimum Gasteiger partial charge on any atom is -0.494 e. The van der Waals surface area contributed by atoms with Crippen LogP contribution in [0.25, 0.3) is 0 Å². The highest BCUT2D eigenvalue weighted by atomic mass is 16.5. The van der Waals surface area contributed by atoms with Gasteiger partial charge in [-0.05, 0) is 31.4 Å². The molecule has 0 aliphatic rings. The first-order chi connectivity index (χ1) is 11.2. The molecule has 0 aromatic heterocycles. The van der Waals surface area contributed by atoms with Crippen molar-refractivity contribution in [2.24, 2.45) is 0 Å². The van der Waals surface area contributed by atoms with E-state index in [-0.39, 0.29) is 5.91 Å². The third kappa shape index (κ3) is 5.44. The van der Waals surface area contributed by atoms with Gasteiger partial charge in [-0.1, -0.05) is 48.5 Å². The summed E-state index contributed by atoms with van der Waals surface area (Å²) in [6, 6.07) is 18.2. The lowest BCUT2D eigenvalue weighted by Gasteiger charge is -2.19. The van der Waals surface area contributed by atoms with Crippen LogP contribution in [0.15, 0.2) is 54.6 Å². The molecule has 0 unspecified atom stereocenters. The summed E-state index contributed by atoms with van der Waals surface area (Å²) in [5, 5.41) is 0. The van der Waals surface area contributed by atoms with Gasteiger partial charge in [-0.25, -0.2) is 0 Å². The summed E-state index contributed by atoms with van der Waals surface area (Å²) in [7, 11) is 1.85. The predicted octanol–water partition coefficient (Wildman–Crippen LogP) is 4.07. The quantitative estimate of drug-likeness (QED) is 0.735. The van der Waals surface area contributed by atoms with Crippen LogP contribution in [0.3, 0.4) is 0 Å². The summed E-state index contributed by atoms with van der Waals surface area (Å²) in [5.74, 6) is 1.03. The van der Waals surface area contributed by atoms with Crippen molar-refractivity contribution in [2.75, 3.05) is 13.7 Å². The fourth-order valence-corrected chi connectivity index (χ4v) is 2.55. The van der Waals surface area contributed by atoms with Gasteiger partial charge < -0.3 is 9.64 Å². The minimum atomic E-state index is 0.173. The van der Waals surface area contributed by atoms with Gasteiger partial charge in [0.05, 0.1) is 6.61 Å². The summed E-state index contributed by atoms with van der Waals surface area (Å²) in [6.45, 7) is 3.18. The van der Waals surface area contributed by atoms with E-state index in [2.05, 4.69) is 12.1 Å². The number of amides is 1. The molecule has 3 heteroatoms. The first-order valence-electron chi connectivity index (χ1n) is 8.19. The molecule has 0 spiro atoms. The van der Waals surface area contributed by atoms with Crippen molar-refractivity contribution in [3.05, 3.63) is 65.7 Å². The van der Waals surface area contributed by atoms with E-state index in [1.165, 1.54) is 5.56 Å². The van der Waals surface area contributed by atoms with Crippen molar-refractivity contribution in [1.82, 2.24) is 4.90 Å². The first-order valence-corrected chi connectivity index (χ1v) is 8.19. The molecule has 122 valence electrons. The number of rotatable bonds is 8. The molecule has 1 amide bonds. The summed E-state index contributed by atoms with van der Waals surface area (Å²) >= 11 is 0. The Morgan fingerprint density at radius 1 is 1.04 bits per heavy atom. The van der Waals surface area contributed by atoms with Crippen LogP contribution < -0.4 is 4.74 Å². The molecule has 3 nitrogen and oxygen atoms in total. The molecular weight excluding hydrogens is 286 g/mol. The third-order valence-corrected chi connectivity index (χ3v) is 3.80. The average Bonchev–Trinajstić information content (AvgIpc) is 2.57. The fourth-order valence-electron chi connectivity index (χ4n) is 2.55. The number of para-hydroxylation sites is 1. The second kappa shape index (κ2) is 8.99. The molecule has 0 saturated heterocycles. The molecule has 2 aromatic rings. The van der Waals surface area contributed by atoms with Crippen molar-refractivity contribution in [3.8, 4) is 5.75 Å². The zero-order valence-corrected chi connectivity index (χ0v) is 14.0. The Morgan fingerprint density at radius 3 is 2.48 bits per heavy atom. The van der Waals surface area contributed by atoms with Crippen molar-refractivity contribution < 1.29 is 9.53 Å². The van der Waals surface area contributed by atoms with E-state index in [1.54, 1.807) is 4.90 Å². The van der Waals surface area contributed by atoms with E-state index in [9.17, 15) is 4.79 Å². The predicted molar refractivity (Wildman–Crippen MR) is 93.5 cm³/mol. The van der Waals surface area contributed by atoms with Crippen LogP contribution in [0.5, 0.6) is 5.75 Å². The maximum Gasteiger partial charge on any atom is 0.222 e. The topological polar surface area (TPSA) is 29.5 Å².